The van der Waals surface area contributed by atoms with Crippen molar-refractivity contribution in [3.05, 3.63) is 90.0 Å². The van der Waals surface area contributed by atoms with Crippen molar-refractivity contribution in [1.82, 2.24) is 0 Å². The van der Waals surface area contributed by atoms with Gasteiger partial charge in [-0.3, -0.25) is 4.79 Å². The largest absolute Gasteiger partial charge is 0.326 e. The molecule has 4 heteroatoms. The van der Waals surface area contributed by atoms with Gasteiger partial charge < -0.3 is 5.32 Å². The Hall–Kier alpha value is -3.01. The number of halogens is 2. The predicted octanol–water partition coefficient (Wildman–Crippen LogP) is 5.37. The van der Waals surface area contributed by atoms with Gasteiger partial charge in [-0.25, -0.2) is 8.78 Å². The normalized spacial score (nSPS) is 11.8. The van der Waals surface area contributed by atoms with E-state index in [1.807, 2.05) is 30.3 Å². The fraction of sp³-hybridized carbons (Fsp3) is 0.0952. The van der Waals surface area contributed by atoms with Gasteiger partial charge in [-0.15, -0.1) is 0 Å². The second-order valence-electron chi connectivity index (χ2n) is 5.82. The molecular formula is C21H17F2NO. The standard InChI is InChI=1S/C21H17F2NO/c1-14(21(25)24-18-10-8-17(22)9-11-18)16-7-12-19(20(23)13-16)15-5-3-2-4-6-15/h2-14H,1H3,(H,24,25)/t14-/m0/s1. The molecule has 3 aromatic carbocycles. The van der Waals surface area contributed by atoms with Gasteiger partial charge in [0.1, 0.15) is 11.6 Å². The van der Waals surface area contributed by atoms with Gasteiger partial charge in [-0.05, 0) is 48.4 Å². The third kappa shape index (κ3) is 3.91. The van der Waals surface area contributed by atoms with E-state index in [-0.39, 0.29) is 17.5 Å². The van der Waals surface area contributed by atoms with Crippen LogP contribution >= 0.6 is 0 Å². The lowest BCUT2D eigenvalue weighted by atomic mass is 9.96. The van der Waals surface area contributed by atoms with Gasteiger partial charge in [0.25, 0.3) is 0 Å². The summed E-state index contributed by atoms with van der Waals surface area (Å²) in [6.07, 6.45) is 0. The minimum Gasteiger partial charge on any atom is -0.326 e. The van der Waals surface area contributed by atoms with E-state index in [0.717, 1.165) is 5.56 Å². The summed E-state index contributed by atoms with van der Waals surface area (Å²) in [5.74, 6) is -1.56. The van der Waals surface area contributed by atoms with Crippen molar-refractivity contribution in [2.75, 3.05) is 5.32 Å². The monoisotopic (exact) mass is 337 g/mol. The van der Waals surface area contributed by atoms with Crippen LogP contribution < -0.4 is 5.32 Å². The molecule has 1 amide bonds. The second-order valence-corrected chi connectivity index (χ2v) is 5.82. The fourth-order valence-electron chi connectivity index (χ4n) is 2.59. The van der Waals surface area contributed by atoms with Gasteiger partial charge in [0, 0.05) is 11.3 Å². The van der Waals surface area contributed by atoms with E-state index < -0.39 is 5.92 Å². The number of hydrogen-bond acceptors (Lipinski definition) is 1. The van der Waals surface area contributed by atoms with Gasteiger partial charge in [0.05, 0.1) is 5.92 Å². The zero-order chi connectivity index (χ0) is 17.8. The van der Waals surface area contributed by atoms with E-state index in [0.29, 0.717) is 16.8 Å². The minimum atomic E-state index is -0.538. The summed E-state index contributed by atoms with van der Waals surface area (Å²) in [5, 5.41) is 2.71. The Balaban J connectivity index is 1.78. The van der Waals surface area contributed by atoms with Crippen molar-refractivity contribution >= 4 is 11.6 Å². The molecule has 0 bridgehead atoms. The topological polar surface area (TPSA) is 29.1 Å². The number of nitrogens with one attached hydrogen (secondary N) is 1. The average Bonchev–Trinajstić information content (AvgIpc) is 2.63. The molecule has 0 fully saturated rings. The van der Waals surface area contributed by atoms with Crippen LogP contribution in [-0.4, -0.2) is 5.91 Å². The number of benzene rings is 3. The second kappa shape index (κ2) is 7.26. The van der Waals surface area contributed by atoms with E-state index in [1.165, 1.54) is 30.3 Å². The Morgan fingerprint density at radius 1 is 0.920 bits per heavy atom. The first kappa shape index (κ1) is 16.8. The van der Waals surface area contributed by atoms with E-state index in [9.17, 15) is 13.6 Å². The van der Waals surface area contributed by atoms with Crippen LogP contribution in [0.1, 0.15) is 18.4 Å². The summed E-state index contributed by atoms with van der Waals surface area (Å²) in [4.78, 5) is 12.3. The first-order valence-corrected chi connectivity index (χ1v) is 7.96. The van der Waals surface area contributed by atoms with Gasteiger partial charge in [0.15, 0.2) is 0 Å². The SMILES string of the molecule is C[C@H](C(=O)Nc1ccc(F)cc1)c1ccc(-c2ccccc2)c(F)c1. The summed E-state index contributed by atoms with van der Waals surface area (Å²) in [6, 6.07) is 19.6. The first-order chi connectivity index (χ1) is 12.0. The zero-order valence-electron chi connectivity index (χ0n) is 13.7. The molecule has 1 N–H and O–H groups in total. The highest BCUT2D eigenvalue weighted by atomic mass is 19.1. The van der Waals surface area contributed by atoms with Gasteiger partial charge in [-0.1, -0.05) is 42.5 Å². The molecule has 0 aliphatic carbocycles. The van der Waals surface area contributed by atoms with E-state index in [1.54, 1.807) is 19.1 Å². The van der Waals surface area contributed by atoms with E-state index in [4.69, 9.17) is 0 Å². The molecule has 1 atom stereocenters. The summed E-state index contributed by atoms with van der Waals surface area (Å²) in [5.41, 5.74) is 2.36. The van der Waals surface area contributed by atoms with Crippen LogP contribution in [0, 0.1) is 11.6 Å². The summed E-state index contributed by atoms with van der Waals surface area (Å²) < 4.78 is 27.4. The van der Waals surface area contributed by atoms with Crippen molar-refractivity contribution in [1.29, 1.82) is 0 Å². The molecule has 0 saturated carbocycles. The summed E-state index contributed by atoms with van der Waals surface area (Å²) >= 11 is 0. The zero-order valence-corrected chi connectivity index (χ0v) is 13.7. The third-order valence-electron chi connectivity index (χ3n) is 4.08. The molecule has 0 spiro atoms. The predicted molar refractivity (Wildman–Crippen MR) is 95.3 cm³/mol. The smallest absolute Gasteiger partial charge is 0.231 e. The number of hydrogen-bond donors (Lipinski definition) is 1. The summed E-state index contributed by atoms with van der Waals surface area (Å²) in [7, 11) is 0. The van der Waals surface area contributed by atoms with Crippen LogP contribution in [0.15, 0.2) is 72.8 Å². The van der Waals surface area contributed by atoms with Gasteiger partial charge in [-0.2, -0.15) is 0 Å². The van der Waals surface area contributed by atoms with Gasteiger partial charge in [0.2, 0.25) is 5.91 Å². The Labute approximate surface area is 145 Å². The Bertz CT molecular complexity index is 876. The molecule has 0 unspecified atom stereocenters. The highest BCUT2D eigenvalue weighted by molar-refractivity contribution is 5.95. The van der Waals surface area contributed by atoms with Crippen LogP contribution in [0.25, 0.3) is 11.1 Å². The Morgan fingerprint density at radius 3 is 2.24 bits per heavy atom. The first-order valence-electron chi connectivity index (χ1n) is 7.96. The van der Waals surface area contributed by atoms with Crippen molar-refractivity contribution in [3.8, 4) is 11.1 Å². The fourth-order valence-corrected chi connectivity index (χ4v) is 2.59. The maximum atomic E-state index is 14.5. The maximum Gasteiger partial charge on any atom is 0.231 e. The van der Waals surface area contributed by atoms with Crippen molar-refractivity contribution in [2.45, 2.75) is 12.8 Å². The van der Waals surface area contributed by atoms with Crippen molar-refractivity contribution in [3.63, 3.8) is 0 Å². The number of carbonyl (C=O) groups excluding carboxylic acids is 1. The average molecular weight is 337 g/mol. The Morgan fingerprint density at radius 2 is 1.60 bits per heavy atom. The molecule has 0 aliphatic heterocycles. The van der Waals surface area contributed by atoms with Crippen LogP contribution in [0.4, 0.5) is 14.5 Å². The maximum absolute atomic E-state index is 14.5. The molecule has 3 aromatic rings. The Kier molecular flexibility index (Phi) is 4.89. The molecule has 2 nitrogen and oxygen atoms in total. The van der Waals surface area contributed by atoms with Crippen LogP contribution in [-0.2, 0) is 4.79 Å². The molecule has 0 radical (unpaired) electrons. The molecule has 0 heterocycles. The highest BCUT2D eigenvalue weighted by Crippen LogP contribution is 2.26. The molecule has 0 aliphatic rings. The van der Waals surface area contributed by atoms with E-state index >= 15 is 0 Å². The number of rotatable bonds is 4. The van der Waals surface area contributed by atoms with Crippen LogP contribution in [0.2, 0.25) is 0 Å². The van der Waals surface area contributed by atoms with E-state index in [2.05, 4.69) is 5.32 Å². The third-order valence-corrected chi connectivity index (χ3v) is 4.08. The molecule has 0 saturated heterocycles. The molecule has 25 heavy (non-hydrogen) atoms. The molecule has 0 aromatic heterocycles. The lowest BCUT2D eigenvalue weighted by molar-refractivity contribution is -0.117. The number of amides is 1. The number of carbonyl (C=O) groups is 1. The molecular weight excluding hydrogens is 320 g/mol. The van der Waals surface area contributed by atoms with Gasteiger partial charge >= 0.3 is 0 Å². The molecule has 3 rings (SSSR count). The van der Waals surface area contributed by atoms with Crippen LogP contribution in [0.5, 0.6) is 0 Å². The molecule has 126 valence electrons. The quantitative estimate of drug-likeness (QED) is 0.681. The van der Waals surface area contributed by atoms with Crippen molar-refractivity contribution in [2.24, 2.45) is 0 Å². The minimum absolute atomic E-state index is 0.279. The number of anilines is 1. The van der Waals surface area contributed by atoms with Crippen LogP contribution in [0.3, 0.4) is 0 Å². The summed E-state index contributed by atoms with van der Waals surface area (Å²) in [6.45, 7) is 1.70. The lowest BCUT2D eigenvalue weighted by Crippen LogP contribution is -2.19. The lowest BCUT2D eigenvalue weighted by Gasteiger charge is -2.14. The van der Waals surface area contributed by atoms with Crippen molar-refractivity contribution < 1.29 is 13.6 Å². The highest BCUT2D eigenvalue weighted by Gasteiger charge is 2.17.